The quantitative estimate of drug-likeness (QED) is 0.732. The Morgan fingerprint density at radius 1 is 1.10 bits per heavy atom. The van der Waals surface area contributed by atoms with Crippen molar-refractivity contribution < 1.29 is 9.47 Å². The van der Waals surface area contributed by atoms with Crippen LogP contribution in [-0.4, -0.2) is 45.5 Å². The Balaban J connectivity index is 2.34. The van der Waals surface area contributed by atoms with E-state index in [-0.39, 0.29) is 0 Å². The summed E-state index contributed by atoms with van der Waals surface area (Å²) in [4.78, 5) is 5.50. The molecule has 5 nitrogen and oxygen atoms in total. The molecule has 0 radical (unpaired) electrons. The largest absolute Gasteiger partial charge is 0.399 e. The summed E-state index contributed by atoms with van der Waals surface area (Å²) in [6, 6.07) is 10.00. The molecule has 0 saturated carbocycles. The first-order valence-corrected chi connectivity index (χ1v) is 7.02. The highest BCUT2D eigenvalue weighted by molar-refractivity contribution is 5.79. The van der Waals surface area contributed by atoms with Crippen LogP contribution in [0.2, 0.25) is 0 Å². The molecule has 0 aliphatic heterocycles. The summed E-state index contributed by atoms with van der Waals surface area (Å²) >= 11 is 0. The van der Waals surface area contributed by atoms with E-state index < -0.39 is 0 Å². The fraction of sp³-hybridized carbons (Fsp3) is 0.375. The summed E-state index contributed by atoms with van der Waals surface area (Å²) < 4.78 is 10.4. The molecule has 0 unspecified atom stereocenters. The molecule has 0 spiro atoms. The first kappa shape index (κ1) is 15.4. The van der Waals surface area contributed by atoms with Crippen LogP contribution >= 0.6 is 0 Å². The van der Waals surface area contributed by atoms with Gasteiger partial charge < -0.3 is 25.1 Å². The van der Waals surface area contributed by atoms with Crippen molar-refractivity contribution in [2.75, 3.05) is 51.2 Å². The fourth-order valence-electron chi connectivity index (χ4n) is 2.30. The molecule has 0 amide bonds. The van der Waals surface area contributed by atoms with E-state index in [1.165, 1.54) is 0 Å². The van der Waals surface area contributed by atoms with Gasteiger partial charge in [0.05, 0.1) is 13.2 Å². The molecule has 0 atom stereocenters. The van der Waals surface area contributed by atoms with Gasteiger partial charge in [0.2, 0.25) is 0 Å². The predicted octanol–water partition coefficient (Wildman–Crippen LogP) is 2.36. The second kappa shape index (κ2) is 7.71. The summed E-state index contributed by atoms with van der Waals surface area (Å²) in [6.07, 6.45) is 1.91. The lowest BCUT2D eigenvalue weighted by Gasteiger charge is -2.26. The number of nitrogens with two attached hydrogens (primary N) is 1. The van der Waals surface area contributed by atoms with Gasteiger partial charge in [0.25, 0.3) is 0 Å². The standard InChI is InChI=1S/C16H23N3O2/c1-20-10-8-19(9-11-21-2)16-6-5-13(17)12-14(16)15-4-3-7-18-15/h3-7,12,18H,8-11,17H2,1-2H3. The minimum absolute atomic E-state index is 0.665. The Hall–Kier alpha value is -1.98. The maximum Gasteiger partial charge on any atom is 0.0637 e. The van der Waals surface area contributed by atoms with E-state index in [1.54, 1.807) is 14.2 Å². The third-order valence-corrected chi connectivity index (χ3v) is 3.38. The summed E-state index contributed by atoms with van der Waals surface area (Å²) in [5, 5.41) is 0. The molecule has 21 heavy (non-hydrogen) atoms. The van der Waals surface area contributed by atoms with Gasteiger partial charge in [0.1, 0.15) is 0 Å². The Labute approximate surface area is 125 Å². The number of hydrogen-bond acceptors (Lipinski definition) is 4. The number of hydrogen-bond donors (Lipinski definition) is 2. The number of nitrogens with zero attached hydrogens (tertiary/aromatic N) is 1. The molecular weight excluding hydrogens is 266 g/mol. The number of nitrogen functional groups attached to an aromatic ring is 1. The number of aromatic nitrogens is 1. The Kier molecular flexibility index (Phi) is 5.66. The van der Waals surface area contributed by atoms with Crippen LogP contribution in [0.4, 0.5) is 11.4 Å². The zero-order valence-electron chi connectivity index (χ0n) is 12.6. The molecule has 0 bridgehead atoms. The lowest BCUT2D eigenvalue weighted by Crippen LogP contribution is -2.31. The van der Waals surface area contributed by atoms with E-state index in [0.29, 0.717) is 13.2 Å². The number of anilines is 2. The number of nitrogens with one attached hydrogen (secondary N) is 1. The molecule has 2 rings (SSSR count). The molecule has 1 aromatic heterocycles. The van der Waals surface area contributed by atoms with Crippen molar-refractivity contribution in [3.63, 3.8) is 0 Å². The average Bonchev–Trinajstić information content (AvgIpc) is 3.02. The Bertz CT molecular complexity index is 532. The van der Waals surface area contributed by atoms with Gasteiger partial charge in [-0.2, -0.15) is 0 Å². The van der Waals surface area contributed by atoms with E-state index in [1.807, 2.05) is 30.5 Å². The average molecular weight is 289 g/mol. The lowest BCUT2D eigenvalue weighted by atomic mass is 10.1. The number of H-pyrrole nitrogens is 1. The van der Waals surface area contributed by atoms with Crippen LogP contribution in [0.5, 0.6) is 0 Å². The first-order chi connectivity index (χ1) is 10.3. The minimum Gasteiger partial charge on any atom is -0.399 e. The summed E-state index contributed by atoms with van der Waals surface area (Å²) in [5.41, 5.74) is 9.97. The van der Waals surface area contributed by atoms with E-state index in [0.717, 1.165) is 35.7 Å². The second-order valence-electron chi connectivity index (χ2n) is 4.83. The maximum absolute atomic E-state index is 5.95. The monoisotopic (exact) mass is 289 g/mol. The topological polar surface area (TPSA) is 63.5 Å². The molecule has 5 heteroatoms. The van der Waals surface area contributed by atoms with Crippen molar-refractivity contribution >= 4 is 11.4 Å². The van der Waals surface area contributed by atoms with Crippen molar-refractivity contribution in [2.45, 2.75) is 0 Å². The van der Waals surface area contributed by atoms with Gasteiger partial charge in [0.15, 0.2) is 0 Å². The van der Waals surface area contributed by atoms with Gasteiger partial charge in [-0.15, -0.1) is 0 Å². The van der Waals surface area contributed by atoms with E-state index in [4.69, 9.17) is 15.2 Å². The van der Waals surface area contributed by atoms with E-state index in [2.05, 4.69) is 16.0 Å². The highest BCUT2D eigenvalue weighted by atomic mass is 16.5. The Morgan fingerprint density at radius 2 is 1.81 bits per heavy atom. The van der Waals surface area contributed by atoms with Crippen LogP contribution < -0.4 is 10.6 Å². The summed E-state index contributed by atoms with van der Waals surface area (Å²) in [5.74, 6) is 0. The number of ether oxygens (including phenoxy) is 2. The lowest BCUT2D eigenvalue weighted by molar-refractivity contribution is 0.190. The highest BCUT2D eigenvalue weighted by Crippen LogP contribution is 2.31. The molecule has 0 aliphatic rings. The normalized spacial score (nSPS) is 10.8. The molecule has 2 aromatic rings. The first-order valence-electron chi connectivity index (χ1n) is 7.02. The van der Waals surface area contributed by atoms with Gasteiger partial charge in [-0.05, 0) is 30.3 Å². The molecule has 114 valence electrons. The molecule has 1 aromatic carbocycles. The zero-order valence-corrected chi connectivity index (χ0v) is 12.6. The van der Waals surface area contributed by atoms with Crippen LogP contribution in [0.25, 0.3) is 11.3 Å². The van der Waals surface area contributed by atoms with Gasteiger partial charge in [-0.3, -0.25) is 0 Å². The van der Waals surface area contributed by atoms with Gasteiger partial charge >= 0.3 is 0 Å². The number of aromatic amines is 1. The van der Waals surface area contributed by atoms with Crippen LogP contribution in [0.1, 0.15) is 0 Å². The van der Waals surface area contributed by atoms with Crippen molar-refractivity contribution in [3.05, 3.63) is 36.5 Å². The van der Waals surface area contributed by atoms with E-state index >= 15 is 0 Å². The van der Waals surface area contributed by atoms with Crippen LogP contribution in [0.15, 0.2) is 36.5 Å². The number of rotatable bonds is 8. The second-order valence-corrected chi connectivity index (χ2v) is 4.83. The van der Waals surface area contributed by atoms with Crippen molar-refractivity contribution in [1.29, 1.82) is 0 Å². The van der Waals surface area contributed by atoms with Crippen molar-refractivity contribution in [3.8, 4) is 11.3 Å². The molecule has 1 heterocycles. The van der Waals surface area contributed by atoms with Crippen LogP contribution in [0.3, 0.4) is 0 Å². The summed E-state index contributed by atoms with van der Waals surface area (Å²) in [7, 11) is 3.42. The molecular formula is C16H23N3O2. The third kappa shape index (κ3) is 4.00. The molecule has 0 aliphatic carbocycles. The fourth-order valence-corrected chi connectivity index (χ4v) is 2.30. The Morgan fingerprint density at radius 3 is 2.38 bits per heavy atom. The van der Waals surface area contributed by atoms with Gasteiger partial charge in [0, 0.05) is 56.1 Å². The summed E-state index contributed by atoms with van der Waals surface area (Å²) in [6.45, 7) is 2.94. The molecule has 3 N–H and O–H groups in total. The van der Waals surface area contributed by atoms with Gasteiger partial charge in [-0.1, -0.05) is 0 Å². The van der Waals surface area contributed by atoms with Crippen molar-refractivity contribution in [2.24, 2.45) is 0 Å². The van der Waals surface area contributed by atoms with E-state index in [9.17, 15) is 0 Å². The smallest absolute Gasteiger partial charge is 0.0637 e. The van der Waals surface area contributed by atoms with Crippen LogP contribution in [0, 0.1) is 0 Å². The van der Waals surface area contributed by atoms with Gasteiger partial charge in [-0.25, -0.2) is 0 Å². The highest BCUT2D eigenvalue weighted by Gasteiger charge is 2.13. The SMILES string of the molecule is COCCN(CCOC)c1ccc(N)cc1-c1ccc[nH]1. The minimum atomic E-state index is 0.665. The number of benzene rings is 1. The zero-order chi connectivity index (χ0) is 15.1. The molecule has 0 fully saturated rings. The molecule has 0 saturated heterocycles. The van der Waals surface area contributed by atoms with Crippen LogP contribution in [-0.2, 0) is 9.47 Å². The predicted molar refractivity (Wildman–Crippen MR) is 86.6 cm³/mol. The third-order valence-electron chi connectivity index (χ3n) is 3.38. The van der Waals surface area contributed by atoms with Crippen molar-refractivity contribution in [1.82, 2.24) is 4.98 Å². The maximum atomic E-state index is 5.95. The number of methoxy groups -OCH3 is 2.